The second-order valence-electron chi connectivity index (χ2n) is 4.77. The molecule has 5 heteroatoms. The first kappa shape index (κ1) is 12.8. The van der Waals surface area contributed by atoms with Crippen molar-refractivity contribution in [3.8, 4) is 0 Å². The Morgan fingerprint density at radius 1 is 1.56 bits per heavy atom. The summed E-state index contributed by atoms with van der Waals surface area (Å²) in [7, 11) is 0. The highest BCUT2D eigenvalue weighted by molar-refractivity contribution is 5.72. The molecule has 98 valence electrons. The van der Waals surface area contributed by atoms with Gasteiger partial charge in [-0.15, -0.1) is 0 Å². The predicted octanol–water partition coefficient (Wildman–Crippen LogP) is 1.28. The molecule has 1 aliphatic heterocycles. The molecule has 0 radical (unpaired) electrons. The molecule has 1 aromatic rings. The molecule has 0 spiro atoms. The van der Waals surface area contributed by atoms with Gasteiger partial charge in [-0.05, 0) is 31.4 Å². The molecule has 1 aromatic heterocycles. The molecule has 3 N–H and O–H groups in total. The molecule has 0 unspecified atom stereocenters. The fourth-order valence-corrected chi connectivity index (χ4v) is 2.35. The first-order valence-corrected chi connectivity index (χ1v) is 6.37. The molecule has 5 nitrogen and oxygen atoms in total. The lowest BCUT2D eigenvalue weighted by atomic mass is 10.0. The van der Waals surface area contributed by atoms with Crippen molar-refractivity contribution in [1.29, 1.82) is 0 Å². The summed E-state index contributed by atoms with van der Waals surface area (Å²) in [5.74, 6) is 0. The largest absolute Gasteiger partial charge is 0.351 e. The lowest BCUT2D eigenvalue weighted by molar-refractivity contribution is 0.183. The van der Waals surface area contributed by atoms with Gasteiger partial charge in [0.1, 0.15) is 0 Å². The van der Waals surface area contributed by atoms with Crippen molar-refractivity contribution < 1.29 is 4.79 Å². The number of nitrogens with zero attached hydrogens (tertiary/aromatic N) is 2. The van der Waals surface area contributed by atoms with Crippen molar-refractivity contribution >= 4 is 6.03 Å². The van der Waals surface area contributed by atoms with Gasteiger partial charge in [0.2, 0.25) is 0 Å². The zero-order valence-electron chi connectivity index (χ0n) is 10.7. The number of likely N-dealkylation sites (tertiary alicyclic amines) is 1. The zero-order chi connectivity index (χ0) is 13.0. The van der Waals surface area contributed by atoms with Crippen molar-refractivity contribution in [2.75, 3.05) is 13.1 Å². The van der Waals surface area contributed by atoms with E-state index >= 15 is 0 Å². The molecule has 0 saturated carbocycles. The van der Waals surface area contributed by atoms with E-state index in [9.17, 15) is 4.79 Å². The van der Waals surface area contributed by atoms with Crippen LogP contribution >= 0.6 is 0 Å². The number of aromatic nitrogens is 1. The monoisotopic (exact) mass is 248 g/mol. The van der Waals surface area contributed by atoms with E-state index in [0.717, 1.165) is 25.9 Å². The van der Waals surface area contributed by atoms with E-state index in [-0.39, 0.29) is 12.1 Å². The number of urea groups is 1. The summed E-state index contributed by atoms with van der Waals surface area (Å²) in [6, 6.07) is 4.43. The topological polar surface area (TPSA) is 71.2 Å². The van der Waals surface area contributed by atoms with Gasteiger partial charge >= 0.3 is 6.03 Å². The molecule has 18 heavy (non-hydrogen) atoms. The summed E-state index contributed by atoms with van der Waals surface area (Å²) in [6.07, 6.45) is 5.57. The number of pyridine rings is 1. The van der Waals surface area contributed by atoms with Crippen molar-refractivity contribution in [3.05, 3.63) is 30.1 Å². The molecule has 1 atom stereocenters. The molecule has 1 saturated heterocycles. The van der Waals surface area contributed by atoms with Gasteiger partial charge < -0.3 is 16.0 Å². The quantitative estimate of drug-likeness (QED) is 0.846. The summed E-state index contributed by atoms with van der Waals surface area (Å²) in [6.45, 7) is 3.62. The SMILES string of the molecule is C[C@H](NC1CCN(C(N)=O)CC1)c1cccnc1. The van der Waals surface area contributed by atoms with Crippen LogP contribution in [-0.2, 0) is 0 Å². The number of primary amides is 1. The maximum Gasteiger partial charge on any atom is 0.314 e. The Balaban J connectivity index is 1.83. The highest BCUT2D eigenvalue weighted by Gasteiger charge is 2.22. The van der Waals surface area contributed by atoms with Crippen molar-refractivity contribution in [1.82, 2.24) is 15.2 Å². The molecule has 2 rings (SSSR count). The minimum absolute atomic E-state index is 0.281. The van der Waals surface area contributed by atoms with Gasteiger partial charge in [0.05, 0.1) is 0 Å². The van der Waals surface area contributed by atoms with Crippen molar-refractivity contribution in [2.24, 2.45) is 5.73 Å². The molecule has 0 bridgehead atoms. The summed E-state index contributed by atoms with van der Waals surface area (Å²) in [4.78, 5) is 16.9. The summed E-state index contributed by atoms with van der Waals surface area (Å²) in [5.41, 5.74) is 6.45. The first-order chi connectivity index (χ1) is 8.66. The van der Waals surface area contributed by atoms with E-state index in [1.807, 2.05) is 12.3 Å². The number of carbonyl (C=O) groups excluding carboxylic acids is 1. The molecule has 2 amide bonds. The molecule has 0 aromatic carbocycles. The lowest BCUT2D eigenvalue weighted by Crippen LogP contribution is -2.47. The van der Waals surface area contributed by atoms with Gasteiger partial charge in [0.15, 0.2) is 0 Å². The van der Waals surface area contributed by atoms with Crippen LogP contribution in [0.4, 0.5) is 4.79 Å². The molecular formula is C13H20N4O. The average Bonchev–Trinajstić information content (AvgIpc) is 2.40. The molecule has 1 aliphatic rings. The molecular weight excluding hydrogens is 228 g/mol. The molecule has 2 heterocycles. The Morgan fingerprint density at radius 2 is 2.28 bits per heavy atom. The van der Waals surface area contributed by atoms with Gasteiger partial charge in [-0.3, -0.25) is 4.98 Å². The smallest absolute Gasteiger partial charge is 0.314 e. The summed E-state index contributed by atoms with van der Waals surface area (Å²) in [5, 5.41) is 3.58. The van der Waals surface area contributed by atoms with Crippen LogP contribution in [0.25, 0.3) is 0 Å². The zero-order valence-corrected chi connectivity index (χ0v) is 10.7. The normalized spacial score (nSPS) is 18.6. The highest BCUT2D eigenvalue weighted by atomic mass is 16.2. The van der Waals surface area contributed by atoms with E-state index in [1.165, 1.54) is 5.56 Å². The average molecular weight is 248 g/mol. The predicted molar refractivity (Wildman–Crippen MR) is 70.0 cm³/mol. The van der Waals surface area contributed by atoms with Crippen LogP contribution in [0.15, 0.2) is 24.5 Å². The number of hydrogen-bond donors (Lipinski definition) is 2. The Kier molecular flexibility index (Phi) is 4.15. The number of nitrogens with one attached hydrogen (secondary N) is 1. The van der Waals surface area contributed by atoms with Crippen LogP contribution in [0.5, 0.6) is 0 Å². The minimum Gasteiger partial charge on any atom is -0.351 e. The third-order valence-corrected chi connectivity index (χ3v) is 3.48. The van der Waals surface area contributed by atoms with Crippen LogP contribution < -0.4 is 11.1 Å². The number of hydrogen-bond acceptors (Lipinski definition) is 3. The van der Waals surface area contributed by atoms with Gasteiger partial charge in [-0.2, -0.15) is 0 Å². The van der Waals surface area contributed by atoms with Crippen LogP contribution in [0.1, 0.15) is 31.4 Å². The summed E-state index contributed by atoms with van der Waals surface area (Å²) < 4.78 is 0. The van der Waals surface area contributed by atoms with Gasteiger partial charge in [0, 0.05) is 37.6 Å². The van der Waals surface area contributed by atoms with E-state index in [1.54, 1.807) is 11.1 Å². The second-order valence-corrected chi connectivity index (χ2v) is 4.77. The van der Waals surface area contributed by atoms with E-state index in [2.05, 4.69) is 23.3 Å². The van der Waals surface area contributed by atoms with Crippen molar-refractivity contribution in [2.45, 2.75) is 31.8 Å². The third kappa shape index (κ3) is 3.20. The van der Waals surface area contributed by atoms with Crippen LogP contribution in [0, 0.1) is 0 Å². The second kappa shape index (κ2) is 5.82. The standard InChI is InChI=1S/C13H20N4O/c1-10(11-3-2-6-15-9-11)16-12-4-7-17(8-5-12)13(14)18/h2-3,6,9-10,12,16H,4-5,7-8H2,1H3,(H2,14,18)/t10-/m0/s1. The third-order valence-electron chi connectivity index (χ3n) is 3.48. The van der Waals surface area contributed by atoms with Crippen LogP contribution in [0.3, 0.4) is 0 Å². The number of carbonyl (C=O) groups is 1. The number of rotatable bonds is 3. The Morgan fingerprint density at radius 3 is 2.83 bits per heavy atom. The van der Waals surface area contributed by atoms with E-state index in [0.29, 0.717) is 6.04 Å². The Hall–Kier alpha value is -1.62. The van der Waals surface area contributed by atoms with E-state index in [4.69, 9.17) is 5.73 Å². The maximum atomic E-state index is 11.0. The number of amides is 2. The fraction of sp³-hybridized carbons (Fsp3) is 0.538. The minimum atomic E-state index is -0.311. The highest BCUT2D eigenvalue weighted by Crippen LogP contribution is 2.16. The molecule has 1 fully saturated rings. The lowest BCUT2D eigenvalue weighted by Gasteiger charge is -2.33. The summed E-state index contributed by atoms with van der Waals surface area (Å²) >= 11 is 0. The first-order valence-electron chi connectivity index (χ1n) is 6.37. The molecule has 0 aliphatic carbocycles. The van der Waals surface area contributed by atoms with Crippen LogP contribution in [0.2, 0.25) is 0 Å². The number of piperidine rings is 1. The van der Waals surface area contributed by atoms with E-state index < -0.39 is 0 Å². The Labute approximate surface area is 107 Å². The Bertz CT molecular complexity index is 387. The van der Waals surface area contributed by atoms with Crippen LogP contribution in [-0.4, -0.2) is 35.0 Å². The number of nitrogens with two attached hydrogens (primary N) is 1. The van der Waals surface area contributed by atoms with Gasteiger partial charge in [-0.25, -0.2) is 4.79 Å². The maximum absolute atomic E-state index is 11.0. The van der Waals surface area contributed by atoms with Crippen molar-refractivity contribution in [3.63, 3.8) is 0 Å². The van der Waals surface area contributed by atoms with Gasteiger partial charge in [-0.1, -0.05) is 6.07 Å². The van der Waals surface area contributed by atoms with Gasteiger partial charge in [0.25, 0.3) is 0 Å². The fourth-order valence-electron chi connectivity index (χ4n) is 2.35.